The number of esters is 1. The van der Waals surface area contributed by atoms with Crippen LogP contribution in [0, 0.1) is 5.92 Å². The summed E-state index contributed by atoms with van der Waals surface area (Å²) < 4.78 is 17.8. The normalized spacial score (nSPS) is 12.5. The maximum Gasteiger partial charge on any atom is 0.344 e. The highest BCUT2D eigenvalue weighted by Crippen LogP contribution is 2.29. The second kappa shape index (κ2) is 20.1. The number of halogens is 1. The van der Waals surface area contributed by atoms with E-state index in [2.05, 4.69) is 20.8 Å². The van der Waals surface area contributed by atoms with Gasteiger partial charge in [-0.05, 0) is 91.6 Å². The van der Waals surface area contributed by atoms with Crippen molar-refractivity contribution < 1.29 is 19.0 Å². The average molecular weight is 607 g/mol. The lowest BCUT2D eigenvalue weighted by atomic mass is 9.98. The van der Waals surface area contributed by atoms with E-state index < -0.39 is 5.97 Å². The lowest BCUT2D eigenvalue weighted by molar-refractivity contribution is 0.0735. The number of alkyl halides is 1. The van der Waals surface area contributed by atoms with Crippen LogP contribution in [-0.4, -0.2) is 24.6 Å². The molecule has 0 aliphatic carbocycles. The summed E-state index contributed by atoms with van der Waals surface area (Å²) >= 11 is 6.47. The zero-order valence-corrected chi connectivity index (χ0v) is 27.2. The fourth-order valence-corrected chi connectivity index (χ4v) is 5.67. The smallest absolute Gasteiger partial charge is 0.344 e. The standard InChI is InChI=1S/C38H51ClO4/c1-4-6-8-9-10-14-26-42-35-24-25-36(31-17-12-11-13-18-31)37(29-35)38(40)43-34-22-20-33(21-23-34)41-27-15-16-30(3)28-32(39)19-7-5-2/h11-13,17-18,20-25,29-30,32H,4-10,14-16,19,26-28H2,1-3H3/t30-,32?/m1/s1. The van der Waals surface area contributed by atoms with Crippen molar-refractivity contribution in [2.45, 2.75) is 103 Å². The fraction of sp³-hybridized carbons (Fsp3) is 0.500. The molecule has 0 spiro atoms. The molecule has 3 aromatic rings. The Hall–Kier alpha value is -2.98. The molecule has 3 aromatic carbocycles. The number of unbranched alkanes of at least 4 members (excludes halogenated alkanes) is 6. The molecule has 234 valence electrons. The largest absolute Gasteiger partial charge is 0.494 e. The van der Waals surface area contributed by atoms with Crippen molar-refractivity contribution in [3.05, 3.63) is 78.4 Å². The van der Waals surface area contributed by atoms with E-state index in [0.29, 0.717) is 36.2 Å². The molecular weight excluding hydrogens is 556 g/mol. The van der Waals surface area contributed by atoms with Crippen molar-refractivity contribution in [3.8, 4) is 28.4 Å². The molecule has 0 aliphatic rings. The van der Waals surface area contributed by atoms with Crippen LogP contribution in [0.2, 0.25) is 0 Å². The highest BCUT2D eigenvalue weighted by atomic mass is 35.5. The minimum absolute atomic E-state index is 0.273. The number of carbonyl (C=O) groups excluding carboxylic acids is 1. The third-order valence-electron chi connectivity index (χ3n) is 7.74. The highest BCUT2D eigenvalue weighted by molar-refractivity contribution is 6.20. The molecule has 0 N–H and O–H groups in total. The first-order valence-corrected chi connectivity index (χ1v) is 16.8. The van der Waals surface area contributed by atoms with Gasteiger partial charge in [0.15, 0.2) is 0 Å². The minimum Gasteiger partial charge on any atom is -0.494 e. The molecule has 0 aromatic heterocycles. The Kier molecular flexibility index (Phi) is 16.1. The third kappa shape index (κ3) is 13.0. The molecule has 4 nitrogen and oxygen atoms in total. The van der Waals surface area contributed by atoms with Gasteiger partial charge in [0.25, 0.3) is 0 Å². The summed E-state index contributed by atoms with van der Waals surface area (Å²) in [6.07, 6.45) is 13.8. The van der Waals surface area contributed by atoms with Crippen molar-refractivity contribution in [3.63, 3.8) is 0 Å². The maximum atomic E-state index is 13.4. The SMILES string of the molecule is CCCCCCCCOc1ccc(-c2ccccc2)c(C(=O)Oc2ccc(OCCC[C@@H](C)CC(Cl)CCCC)cc2)c1. The molecule has 0 bridgehead atoms. The number of carbonyl (C=O) groups is 1. The summed E-state index contributed by atoms with van der Waals surface area (Å²) in [5.74, 6) is 2.10. The van der Waals surface area contributed by atoms with Crippen molar-refractivity contribution in [1.82, 2.24) is 0 Å². The van der Waals surface area contributed by atoms with E-state index in [0.717, 1.165) is 55.4 Å². The second-order valence-corrected chi connectivity index (χ2v) is 12.2. The van der Waals surface area contributed by atoms with Gasteiger partial charge in [-0.3, -0.25) is 0 Å². The van der Waals surface area contributed by atoms with Crippen LogP contribution in [0.25, 0.3) is 11.1 Å². The molecule has 43 heavy (non-hydrogen) atoms. The Bertz CT molecular complexity index is 1180. The monoisotopic (exact) mass is 606 g/mol. The molecule has 0 saturated heterocycles. The van der Waals surface area contributed by atoms with Gasteiger partial charge in [-0.1, -0.05) is 96.0 Å². The van der Waals surface area contributed by atoms with Gasteiger partial charge in [-0.25, -0.2) is 4.79 Å². The molecule has 0 fully saturated rings. The maximum absolute atomic E-state index is 13.4. The molecule has 0 radical (unpaired) electrons. The van der Waals surface area contributed by atoms with E-state index in [9.17, 15) is 4.79 Å². The molecule has 0 aliphatic heterocycles. The number of rotatable bonds is 21. The van der Waals surface area contributed by atoms with Gasteiger partial charge in [-0.15, -0.1) is 11.6 Å². The van der Waals surface area contributed by atoms with Crippen LogP contribution in [0.4, 0.5) is 0 Å². The van der Waals surface area contributed by atoms with Crippen LogP contribution in [0.3, 0.4) is 0 Å². The average Bonchev–Trinajstić information content (AvgIpc) is 3.02. The first kappa shape index (κ1) is 34.5. The summed E-state index contributed by atoms with van der Waals surface area (Å²) in [5, 5.41) is 0.273. The van der Waals surface area contributed by atoms with E-state index in [1.54, 1.807) is 18.2 Å². The zero-order chi connectivity index (χ0) is 30.7. The lowest BCUT2D eigenvalue weighted by Crippen LogP contribution is -2.11. The first-order chi connectivity index (χ1) is 21.0. The van der Waals surface area contributed by atoms with Crippen LogP contribution in [0.5, 0.6) is 17.2 Å². The van der Waals surface area contributed by atoms with Crippen molar-refractivity contribution in [2.75, 3.05) is 13.2 Å². The molecule has 0 amide bonds. The fourth-order valence-electron chi connectivity index (χ4n) is 5.21. The molecule has 5 heteroatoms. The Morgan fingerprint density at radius 2 is 1.33 bits per heavy atom. The Labute approximate surface area is 265 Å². The van der Waals surface area contributed by atoms with Crippen LogP contribution >= 0.6 is 11.6 Å². The quantitative estimate of drug-likeness (QED) is 0.0523. The van der Waals surface area contributed by atoms with E-state index >= 15 is 0 Å². The zero-order valence-electron chi connectivity index (χ0n) is 26.5. The molecule has 2 atom stereocenters. The number of ether oxygens (including phenoxy) is 3. The predicted octanol–water partition coefficient (Wildman–Crippen LogP) is 11.3. The van der Waals surface area contributed by atoms with Crippen LogP contribution < -0.4 is 14.2 Å². The second-order valence-electron chi connectivity index (χ2n) is 11.6. The minimum atomic E-state index is -0.414. The van der Waals surface area contributed by atoms with E-state index in [-0.39, 0.29) is 5.38 Å². The summed E-state index contributed by atoms with van der Waals surface area (Å²) in [7, 11) is 0. The van der Waals surface area contributed by atoms with Gasteiger partial charge in [0, 0.05) is 5.38 Å². The highest BCUT2D eigenvalue weighted by Gasteiger charge is 2.17. The van der Waals surface area contributed by atoms with Crippen LogP contribution in [0.15, 0.2) is 72.8 Å². The van der Waals surface area contributed by atoms with Crippen LogP contribution in [0.1, 0.15) is 108 Å². The predicted molar refractivity (Wildman–Crippen MR) is 180 cm³/mol. The van der Waals surface area contributed by atoms with E-state index in [1.165, 1.54) is 38.5 Å². The third-order valence-corrected chi connectivity index (χ3v) is 8.13. The summed E-state index contributed by atoms with van der Waals surface area (Å²) in [6.45, 7) is 7.99. The van der Waals surface area contributed by atoms with Gasteiger partial charge in [-0.2, -0.15) is 0 Å². The Balaban J connectivity index is 1.53. The topological polar surface area (TPSA) is 44.8 Å². The Morgan fingerprint density at radius 3 is 2.07 bits per heavy atom. The summed E-state index contributed by atoms with van der Waals surface area (Å²) in [5.41, 5.74) is 2.25. The van der Waals surface area contributed by atoms with Crippen LogP contribution in [-0.2, 0) is 0 Å². The molecule has 0 heterocycles. The van der Waals surface area contributed by atoms with E-state index in [1.807, 2.05) is 54.6 Å². The molecule has 0 saturated carbocycles. The van der Waals surface area contributed by atoms with Gasteiger partial charge in [0.2, 0.25) is 0 Å². The summed E-state index contributed by atoms with van der Waals surface area (Å²) in [6, 6.07) is 22.8. The van der Waals surface area contributed by atoms with Gasteiger partial charge < -0.3 is 14.2 Å². The summed E-state index contributed by atoms with van der Waals surface area (Å²) in [4.78, 5) is 13.4. The van der Waals surface area contributed by atoms with Crippen molar-refractivity contribution in [2.24, 2.45) is 5.92 Å². The molecular formula is C38H51ClO4. The van der Waals surface area contributed by atoms with Gasteiger partial charge >= 0.3 is 5.97 Å². The van der Waals surface area contributed by atoms with Gasteiger partial charge in [0.05, 0.1) is 18.8 Å². The number of hydrogen-bond acceptors (Lipinski definition) is 4. The lowest BCUT2D eigenvalue weighted by Gasteiger charge is -2.16. The number of benzene rings is 3. The molecule has 3 rings (SSSR count). The van der Waals surface area contributed by atoms with Crippen molar-refractivity contribution >= 4 is 17.6 Å². The first-order valence-electron chi connectivity index (χ1n) is 16.4. The van der Waals surface area contributed by atoms with Crippen molar-refractivity contribution in [1.29, 1.82) is 0 Å². The number of hydrogen-bond donors (Lipinski definition) is 0. The van der Waals surface area contributed by atoms with E-state index in [4.69, 9.17) is 25.8 Å². The Morgan fingerprint density at radius 1 is 0.698 bits per heavy atom. The molecule has 1 unspecified atom stereocenters. The van der Waals surface area contributed by atoms with Gasteiger partial charge in [0.1, 0.15) is 17.2 Å².